The summed E-state index contributed by atoms with van der Waals surface area (Å²) in [5, 5.41) is 0. The Morgan fingerprint density at radius 2 is 1.38 bits per heavy atom. The Morgan fingerprint density at radius 1 is 0.795 bits per heavy atom. The molecule has 0 unspecified atom stereocenters. The van der Waals surface area contributed by atoms with Gasteiger partial charge >= 0.3 is 0 Å². The lowest BCUT2D eigenvalue weighted by molar-refractivity contribution is -0.235. The highest BCUT2D eigenvalue weighted by atomic mass is 16.7. The summed E-state index contributed by atoms with van der Waals surface area (Å²) in [5.41, 5.74) is 5.51. The van der Waals surface area contributed by atoms with Crippen LogP contribution in [-0.4, -0.2) is 41.7 Å². The number of nitrogens with one attached hydrogen (secondary N) is 1. The molecule has 1 N–H and O–H groups in total. The zero-order chi connectivity index (χ0) is 26.9. The zero-order valence-electron chi connectivity index (χ0n) is 23.3. The highest BCUT2D eigenvalue weighted by Gasteiger charge is 2.34. The second kappa shape index (κ2) is 13.2. The van der Waals surface area contributed by atoms with E-state index in [1.807, 2.05) is 36.4 Å². The molecule has 0 aliphatic carbocycles. The number of aromatic nitrogens is 2. The molecular formula is C34H41N3O2. The molecule has 5 heteroatoms. The first-order chi connectivity index (χ1) is 19.1. The van der Waals surface area contributed by atoms with Gasteiger partial charge in [-0.25, -0.2) is 4.98 Å². The van der Waals surface area contributed by atoms with Crippen molar-refractivity contribution in [2.24, 2.45) is 5.41 Å². The van der Waals surface area contributed by atoms with Crippen molar-refractivity contribution in [1.29, 1.82) is 0 Å². The number of imidazole rings is 1. The predicted octanol–water partition coefficient (Wildman–Crippen LogP) is 7.88. The zero-order valence-corrected chi connectivity index (χ0v) is 23.3. The van der Waals surface area contributed by atoms with E-state index < -0.39 is 6.29 Å². The number of ether oxygens (including phenoxy) is 2. The van der Waals surface area contributed by atoms with Crippen LogP contribution >= 0.6 is 0 Å². The van der Waals surface area contributed by atoms with E-state index in [-0.39, 0.29) is 5.41 Å². The molecular weight excluding hydrogens is 482 g/mol. The van der Waals surface area contributed by atoms with Gasteiger partial charge in [0, 0.05) is 23.1 Å². The molecule has 5 nitrogen and oxygen atoms in total. The number of H-pyrrole nitrogens is 1. The molecule has 3 aromatic carbocycles. The lowest BCUT2D eigenvalue weighted by Gasteiger charge is -2.36. The average Bonchev–Trinajstić information content (AvgIpc) is 3.42. The minimum Gasteiger partial charge on any atom is -0.345 e. The molecule has 1 fully saturated rings. The molecule has 0 amide bonds. The van der Waals surface area contributed by atoms with Gasteiger partial charge in [-0.15, -0.1) is 0 Å². The first-order valence-corrected chi connectivity index (χ1v) is 14.3. The third kappa shape index (κ3) is 7.45. The summed E-state index contributed by atoms with van der Waals surface area (Å²) in [4.78, 5) is 10.9. The van der Waals surface area contributed by atoms with Crippen LogP contribution in [0.5, 0.6) is 0 Å². The van der Waals surface area contributed by atoms with Gasteiger partial charge in [0.1, 0.15) is 0 Å². The second-order valence-corrected chi connectivity index (χ2v) is 11.2. The SMILES string of the molecule is CN(CCCCCC[C@]1(C)CO[C@H](c2nc(-c3ccccc3)c(-c3ccccc3)[nH]2)OC1)Cc1ccccc1. The molecule has 1 saturated heterocycles. The van der Waals surface area contributed by atoms with E-state index in [9.17, 15) is 0 Å². The largest absolute Gasteiger partial charge is 0.345 e. The highest BCUT2D eigenvalue weighted by Crippen LogP contribution is 2.37. The lowest BCUT2D eigenvalue weighted by Crippen LogP contribution is -2.36. The van der Waals surface area contributed by atoms with Crippen molar-refractivity contribution in [2.75, 3.05) is 26.8 Å². The molecule has 1 aromatic heterocycles. The first-order valence-electron chi connectivity index (χ1n) is 14.3. The summed E-state index contributed by atoms with van der Waals surface area (Å²) in [7, 11) is 2.21. The molecule has 204 valence electrons. The number of hydrogen-bond acceptors (Lipinski definition) is 4. The minimum absolute atomic E-state index is 0.0394. The van der Waals surface area contributed by atoms with Crippen molar-refractivity contribution in [1.82, 2.24) is 14.9 Å². The summed E-state index contributed by atoms with van der Waals surface area (Å²) in [6, 6.07) is 31.3. The van der Waals surface area contributed by atoms with Crippen LogP contribution < -0.4 is 0 Å². The smallest absolute Gasteiger partial charge is 0.217 e. The standard InChI is InChI=1S/C34H41N3O2/c1-34(22-14-3-4-15-23-37(2)24-27-16-8-5-9-17-27)25-38-33(39-26-34)32-35-30(28-18-10-6-11-19-28)31(36-32)29-20-12-7-13-21-29/h5-13,16-21,33H,3-4,14-15,22-26H2,1-2H3,(H,35,36)/t33-,34+. The summed E-state index contributed by atoms with van der Waals surface area (Å²) in [6.45, 7) is 5.80. The van der Waals surface area contributed by atoms with Gasteiger partial charge in [-0.2, -0.15) is 0 Å². The second-order valence-electron chi connectivity index (χ2n) is 11.2. The van der Waals surface area contributed by atoms with Gasteiger partial charge in [0.05, 0.1) is 24.6 Å². The third-order valence-corrected chi connectivity index (χ3v) is 7.59. The van der Waals surface area contributed by atoms with Gasteiger partial charge in [0.25, 0.3) is 0 Å². The monoisotopic (exact) mass is 523 g/mol. The van der Waals surface area contributed by atoms with Crippen LogP contribution in [-0.2, 0) is 16.0 Å². The Kier molecular flexibility index (Phi) is 9.25. The Labute approximate surface area is 233 Å². The van der Waals surface area contributed by atoms with E-state index >= 15 is 0 Å². The molecule has 0 bridgehead atoms. The van der Waals surface area contributed by atoms with E-state index in [0.717, 1.165) is 47.8 Å². The summed E-state index contributed by atoms with van der Waals surface area (Å²) < 4.78 is 12.5. The topological polar surface area (TPSA) is 50.4 Å². The quantitative estimate of drug-likeness (QED) is 0.192. The molecule has 0 saturated carbocycles. The van der Waals surface area contributed by atoms with E-state index in [0.29, 0.717) is 13.2 Å². The molecule has 5 rings (SSSR count). The molecule has 1 aliphatic heterocycles. The first kappa shape index (κ1) is 27.3. The van der Waals surface area contributed by atoms with Gasteiger partial charge in [-0.3, -0.25) is 0 Å². The fourth-order valence-corrected chi connectivity index (χ4v) is 5.33. The van der Waals surface area contributed by atoms with Crippen molar-refractivity contribution >= 4 is 0 Å². The minimum atomic E-state index is -0.474. The number of unbranched alkanes of at least 4 members (excludes halogenated alkanes) is 3. The van der Waals surface area contributed by atoms with Crippen molar-refractivity contribution in [3.8, 4) is 22.5 Å². The van der Waals surface area contributed by atoms with Gasteiger partial charge in [-0.05, 0) is 32.0 Å². The van der Waals surface area contributed by atoms with Crippen molar-refractivity contribution in [3.05, 3.63) is 102 Å². The fraction of sp³-hybridized carbons (Fsp3) is 0.382. The van der Waals surface area contributed by atoms with Crippen LogP contribution in [0.4, 0.5) is 0 Å². The van der Waals surface area contributed by atoms with Crippen LogP contribution in [0.15, 0.2) is 91.0 Å². The number of hydrogen-bond donors (Lipinski definition) is 1. The maximum absolute atomic E-state index is 6.26. The normalized spacial score (nSPS) is 19.4. The summed E-state index contributed by atoms with van der Waals surface area (Å²) in [5.74, 6) is 0.731. The maximum atomic E-state index is 6.26. The Bertz CT molecular complexity index is 1210. The Hall–Kier alpha value is -3.25. The molecule has 0 radical (unpaired) electrons. The lowest BCUT2D eigenvalue weighted by atomic mass is 9.85. The van der Waals surface area contributed by atoms with Gasteiger partial charge in [0.2, 0.25) is 6.29 Å². The molecule has 0 atom stereocenters. The number of benzene rings is 3. The van der Waals surface area contributed by atoms with Gasteiger partial charge in [0.15, 0.2) is 5.82 Å². The van der Waals surface area contributed by atoms with Crippen molar-refractivity contribution in [2.45, 2.75) is 51.9 Å². The molecule has 4 aromatic rings. The van der Waals surface area contributed by atoms with Gasteiger partial charge in [-0.1, -0.05) is 117 Å². The number of rotatable bonds is 12. The number of nitrogens with zero attached hydrogens (tertiary/aromatic N) is 2. The highest BCUT2D eigenvalue weighted by molar-refractivity contribution is 5.78. The molecule has 0 spiro atoms. The number of aromatic amines is 1. The van der Waals surface area contributed by atoms with E-state index in [1.54, 1.807) is 0 Å². The maximum Gasteiger partial charge on any atom is 0.217 e. The van der Waals surface area contributed by atoms with Crippen LogP contribution in [0.2, 0.25) is 0 Å². The van der Waals surface area contributed by atoms with Crippen LogP contribution in [0.25, 0.3) is 22.5 Å². The fourth-order valence-electron chi connectivity index (χ4n) is 5.33. The van der Waals surface area contributed by atoms with Crippen molar-refractivity contribution < 1.29 is 9.47 Å². The Balaban J connectivity index is 1.09. The Morgan fingerprint density at radius 3 is 2.05 bits per heavy atom. The van der Waals surface area contributed by atoms with Crippen LogP contribution in [0, 0.1) is 5.41 Å². The molecule has 1 aliphatic rings. The molecule has 39 heavy (non-hydrogen) atoms. The average molecular weight is 524 g/mol. The third-order valence-electron chi connectivity index (χ3n) is 7.59. The van der Waals surface area contributed by atoms with Crippen LogP contribution in [0.3, 0.4) is 0 Å². The molecule has 2 heterocycles. The van der Waals surface area contributed by atoms with Gasteiger partial charge < -0.3 is 19.4 Å². The van der Waals surface area contributed by atoms with E-state index in [4.69, 9.17) is 14.5 Å². The summed E-state index contributed by atoms with van der Waals surface area (Å²) in [6.07, 6.45) is 5.59. The summed E-state index contributed by atoms with van der Waals surface area (Å²) >= 11 is 0. The predicted molar refractivity (Wildman–Crippen MR) is 158 cm³/mol. The van der Waals surface area contributed by atoms with Crippen LogP contribution in [0.1, 0.15) is 56.7 Å². The van der Waals surface area contributed by atoms with E-state index in [2.05, 4.69) is 78.5 Å². The van der Waals surface area contributed by atoms with E-state index in [1.165, 1.54) is 31.2 Å². The van der Waals surface area contributed by atoms with Crippen molar-refractivity contribution in [3.63, 3.8) is 0 Å².